The third-order valence-corrected chi connectivity index (χ3v) is 3.87. The third-order valence-electron chi connectivity index (χ3n) is 3.87. The lowest BCUT2D eigenvalue weighted by Gasteiger charge is -2.15. The second-order valence-electron chi connectivity index (χ2n) is 7.13. The van der Waals surface area contributed by atoms with Gasteiger partial charge in [0.15, 0.2) is 0 Å². The van der Waals surface area contributed by atoms with Crippen molar-refractivity contribution in [1.29, 1.82) is 0 Å². The molecule has 0 saturated carbocycles. The summed E-state index contributed by atoms with van der Waals surface area (Å²) < 4.78 is 9.79. The minimum atomic E-state index is -0.370. The average molecular weight is 500 g/mol. The molecule has 0 heterocycles. The number of likely N-dealkylation sites (N-methyl/N-ethyl adjacent to an activating group) is 2. The molecule has 0 saturated heterocycles. The van der Waals surface area contributed by atoms with Crippen molar-refractivity contribution in [3.05, 3.63) is 29.8 Å². The predicted octanol–water partition coefficient (Wildman–Crippen LogP) is 4.15. The molecule has 0 fully saturated rings. The summed E-state index contributed by atoms with van der Waals surface area (Å²) >= 11 is 0. The minimum absolute atomic E-state index is 0.142. The zero-order valence-electron chi connectivity index (χ0n) is 24.1. The van der Waals surface area contributed by atoms with E-state index in [1.54, 1.807) is 14.1 Å². The Morgan fingerprint density at radius 2 is 1.49 bits per heavy atom. The van der Waals surface area contributed by atoms with E-state index in [2.05, 4.69) is 46.7 Å². The highest BCUT2D eigenvalue weighted by atomic mass is 16.5. The third kappa shape index (κ3) is 29.5. The number of benzene rings is 1. The first-order valence-electron chi connectivity index (χ1n) is 12.6. The first kappa shape index (κ1) is 39.8. The summed E-state index contributed by atoms with van der Waals surface area (Å²) in [6.07, 6.45) is 3.08. The van der Waals surface area contributed by atoms with Crippen molar-refractivity contribution in [3.63, 3.8) is 0 Å². The maximum absolute atomic E-state index is 11.0. The molecule has 0 aliphatic rings. The Balaban J connectivity index is -0.000000198. The van der Waals surface area contributed by atoms with Crippen LogP contribution in [0, 0.1) is 12.8 Å². The number of carbonyl (C=O) groups excluding carboxylic acids is 3. The van der Waals surface area contributed by atoms with Crippen LogP contribution in [0.25, 0.3) is 0 Å². The fourth-order valence-corrected chi connectivity index (χ4v) is 1.94. The number of rotatable bonds is 11. The van der Waals surface area contributed by atoms with Crippen molar-refractivity contribution in [2.24, 2.45) is 5.92 Å². The molecule has 206 valence electrons. The van der Waals surface area contributed by atoms with Crippen LogP contribution in [-0.2, 0) is 19.1 Å². The van der Waals surface area contributed by atoms with Gasteiger partial charge in [-0.2, -0.15) is 0 Å². The van der Waals surface area contributed by atoms with Crippen LogP contribution < -0.4 is 20.7 Å². The first-order chi connectivity index (χ1) is 16.7. The van der Waals surface area contributed by atoms with E-state index in [4.69, 9.17) is 4.74 Å². The SMILES string of the molecule is CC.CC.CCCCOc1ccc(C)cc1.CNCC(=O)NC(C=O)C(C)C.CNCC(=O)OC. The molecule has 0 aliphatic carbocycles. The summed E-state index contributed by atoms with van der Waals surface area (Å²) in [4.78, 5) is 31.6. The zero-order valence-corrected chi connectivity index (χ0v) is 24.1. The highest BCUT2D eigenvalue weighted by Gasteiger charge is 2.13. The molecule has 1 unspecified atom stereocenters. The molecule has 1 atom stereocenters. The molecular weight excluding hydrogens is 446 g/mol. The van der Waals surface area contributed by atoms with Gasteiger partial charge >= 0.3 is 5.97 Å². The quantitative estimate of drug-likeness (QED) is 0.239. The van der Waals surface area contributed by atoms with Gasteiger partial charge in [-0.15, -0.1) is 0 Å². The number of esters is 1. The van der Waals surface area contributed by atoms with Crippen molar-refractivity contribution in [1.82, 2.24) is 16.0 Å². The number of aryl methyl sites for hydroxylation is 1. The monoisotopic (exact) mass is 499 g/mol. The van der Waals surface area contributed by atoms with E-state index in [1.807, 2.05) is 53.7 Å². The van der Waals surface area contributed by atoms with E-state index >= 15 is 0 Å². The lowest BCUT2D eigenvalue weighted by atomic mass is 10.1. The second-order valence-corrected chi connectivity index (χ2v) is 7.13. The Hall–Kier alpha value is -2.45. The first-order valence-corrected chi connectivity index (χ1v) is 12.6. The van der Waals surface area contributed by atoms with Gasteiger partial charge in [0.05, 0.1) is 32.8 Å². The summed E-state index contributed by atoms with van der Waals surface area (Å²) in [7, 11) is 4.74. The van der Waals surface area contributed by atoms with Crippen molar-refractivity contribution >= 4 is 18.2 Å². The summed E-state index contributed by atoms with van der Waals surface area (Å²) in [6, 6.07) is 7.81. The van der Waals surface area contributed by atoms with Gasteiger partial charge < -0.3 is 30.2 Å². The lowest BCUT2D eigenvalue weighted by Crippen LogP contribution is -2.43. The number of carbonyl (C=O) groups is 3. The molecule has 8 nitrogen and oxygen atoms in total. The second kappa shape index (κ2) is 31.5. The molecule has 0 radical (unpaired) electrons. The molecule has 8 heteroatoms. The van der Waals surface area contributed by atoms with Crippen molar-refractivity contribution < 1.29 is 23.9 Å². The summed E-state index contributed by atoms with van der Waals surface area (Å²) in [6.45, 7) is 17.4. The number of amides is 1. The number of hydrogen-bond acceptors (Lipinski definition) is 7. The topological polar surface area (TPSA) is 106 Å². The number of unbranched alkanes of at least 4 members (excludes halogenated alkanes) is 1. The van der Waals surface area contributed by atoms with Gasteiger partial charge in [-0.1, -0.05) is 72.6 Å². The maximum atomic E-state index is 11.0. The Morgan fingerprint density at radius 1 is 0.971 bits per heavy atom. The van der Waals surface area contributed by atoms with E-state index in [1.165, 1.54) is 19.1 Å². The van der Waals surface area contributed by atoms with E-state index in [0.717, 1.165) is 25.1 Å². The van der Waals surface area contributed by atoms with Gasteiger partial charge in [0, 0.05) is 0 Å². The number of nitrogens with one attached hydrogen (secondary N) is 3. The Morgan fingerprint density at radius 3 is 1.83 bits per heavy atom. The van der Waals surface area contributed by atoms with Crippen molar-refractivity contribution in [2.75, 3.05) is 40.9 Å². The predicted molar refractivity (Wildman–Crippen MR) is 147 cm³/mol. The molecule has 1 aromatic rings. The molecule has 35 heavy (non-hydrogen) atoms. The van der Waals surface area contributed by atoms with Crippen LogP contribution in [0.15, 0.2) is 24.3 Å². The van der Waals surface area contributed by atoms with Gasteiger partial charge in [0.2, 0.25) is 5.91 Å². The fraction of sp³-hybridized carbons (Fsp3) is 0.667. The molecule has 0 aromatic heterocycles. The van der Waals surface area contributed by atoms with E-state index in [-0.39, 0.29) is 36.9 Å². The van der Waals surface area contributed by atoms with Crippen molar-refractivity contribution in [2.45, 2.75) is 74.3 Å². The van der Waals surface area contributed by atoms with Crippen LogP contribution in [0.5, 0.6) is 5.75 Å². The maximum Gasteiger partial charge on any atom is 0.319 e. The molecule has 1 amide bonds. The van der Waals surface area contributed by atoms with Crippen LogP contribution >= 0.6 is 0 Å². The van der Waals surface area contributed by atoms with E-state index in [0.29, 0.717) is 0 Å². The summed E-state index contributed by atoms with van der Waals surface area (Å²) in [5.74, 6) is 0.739. The molecule has 0 bridgehead atoms. The van der Waals surface area contributed by atoms with Gasteiger partial charge in [-0.25, -0.2) is 0 Å². The van der Waals surface area contributed by atoms with Crippen LogP contribution in [0.2, 0.25) is 0 Å². The van der Waals surface area contributed by atoms with Gasteiger partial charge in [0.25, 0.3) is 0 Å². The molecule has 1 aromatic carbocycles. The fourth-order valence-electron chi connectivity index (χ4n) is 1.94. The van der Waals surface area contributed by atoms with Gasteiger partial charge in [0.1, 0.15) is 12.0 Å². The van der Waals surface area contributed by atoms with Gasteiger partial charge in [-0.05, 0) is 45.5 Å². The van der Waals surface area contributed by atoms with E-state index < -0.39 is 0 Å². The summed E-state index contributed by atoms with van der Waals surface area (Å²) in [5.41, 5.74) is 1.28. The summed E-state index contributed by atoms with van der Waals surface area (Å²) in [5, 5.41) is 7.95. The number of ether oxygens (including phenoxy) is 2. The van der Waals surface area contributed by atoms with Crippen LogP contribution in [0.1, 0.15) is 66.9 Å². The van der Waals surface area contributed by atoms with Crippen LogP contribution in [0.4, 0.5) is 0 Å². The molecule has 3 N–H and O–H groups in total. The average Bonchev–Trinajstić information content (AvgIpc) is 2.87. The number of hydrogen-bond donors (Lipinski definition) is 3. The largest absolute Gasteiger partial charge is 0.494 e. The van der Waals surface area contributed by atoms with Crippen molar-refractivity contribution in [3.8, 4) is 5.75 Å². The highest BCUT2D eigenvalue weighted by molar-refractivity contribution is 5.81. The number of methoxy groups -OCH3 is 1. The minimum Gasteiger partial charge on any atom is -0.494 e. The number of aldehydes is 1. The molecule has 0 spiro atoms. The Bertz CT molecular complexity index is 593. The van der Waals surface area contributed by atoms with E-state index in [9.17, 15) is 14.4 Å². The molecule has 0 aliphatic heterocycles. The molecule has 1 rings (SSSR count). The van der Waals surface area contributed by atoms with Crippen LogP contribution in [0.3, 0.4) is 0 Å². The molecular formula is C27H53N3O5. The smallest absolute Gasteiger partial charge is 0.319 e. The standard InChI is InChI=1S/C11H16O.C8H16N2O2.C4H9NO2.2C2H6/c1-3-4-9-12-11-7-5-10(2)6-8-11;1-6(2)7(5-11)10-8(12)4-9-3;1-5-3-4(6)7-2;2*1-2/h5-8H,3-4,9H2,1-2H3;5-7,9H,4H2,1-3H3,(H,10,12);5H,3H2,1-2H3;2*1-2H3. The Labute approximate surface area is 214 Å². The Kier molecular flexibility index (Phi) is 35.8. The van der Waals surface area contributed by atoms with Crippen LogP contribution in [-0.4, -0.2) is 65.1 Å². The lowest BCUT2D eigenvalue weighted by molar-refractivity contribution is -0.139. The zero-order chi connectivity index (χ0) is 28.1. The van der Waals surface area contributed by atoms with Gasteiger partial charge in [-0.3, -0.25) is 9.59 Å². The highest BCUT2D eigenvalue weighted by Crippen LogP contribution is 2.11. The normalized spacial score (nSPS) is 9.71.